The van der Waals surface area contributed by atoms with E-state index in [1.165, 1.54) is 21.3 Å². The minimum absolute atomic E-state index is 0. The number of benzene rings is 2. The van der Waals surface area contributed by atoms with Crippen LogP contribution in [0.5, 0.6) is 0 Å². The molecule has 24 nitrogen and oxygen atoms in total. The molecule has 0 bridgehead atoms. The first kappa shape index (κ1) is 93.8. The predicted octanol–water partition coefficient (Wildman–Crippen LogP) is 6.88. The van der Waals surface area contributed by atoms with E-state index < -0.39 is 12.1 Å². The summed E-state index contributed by atoms with van der Waals surface area (Å²) in [6.07, 6.45) is 23.0. The summed E-state index contributed by atoms with van der Waals surface area (Å²) >= 11 is 0. The number of hydrogen-bond acceptors (Lipinski definition) is 18. The van der Waals surface area contributed by atoms with Crippen LogP contribution in [0.25, 0.3) is 0 Å². The van der Waals surface area contributed by atoms with E-state index in [0.29, 0.717) is 69.7 Å². The molecule has 10 heterocycles. The van der Waals surface area contributed by atoms with E-state index in [1.807, 2.05) is 125 Å². The van der Waals surface area contributed by atoms with Gasteiger partial charge >= 0.3 is 0 Å². The molecule has 3 N–H and O–H groups in total. The van der Waals surface area contributed by atoms with Gasteiger partial charge in [0.05, 0.1) is 60.8 Å². The molecule has 12 rings (SSSR count). The van der Waals surface area contributed by atoms with Crippen molar-refractivity contribution in [3.63, 3.8) is 0 Å². The third-order valence-corrected chi connectivity index (χ3v) is 19.8. The van der Waals surface area contributed by atoms with E-state index in [0.717, 1.165) is 86.6 Å². The molecule has 0 saturated carbocycles. The maximum Gasteiger partial charge on any atom is 0.270 e. The van der Waals surface area contributed by atoms with Gasteiger partial charge in [-0.2, -0.15) is 0 Å². The van der Waals surface area contributed by atoms with Crippen LogP contribution >= 0.6 is 0 Å². The Morgan fingerprint density at radius 1 is 0.519 bits per heavy atom. The molecule has 0 spiro atoms. The molecule has 6 amide bonds. The van der Waals surface area contributed by atoms with Gasteiger partial charge in [-0.15, -0.1) is 12.8 Å². The molecule has 0 unspecified atom stereocenters. The van der Waals surface area contributed by atoms with E-state index in [2.05, 4.69) is 90.2 Å². The van der Waals surface area contributed by atoms with Crippen LogP contribution in [0, 0.1) is 12.8 Å². The van der Waals surface area contributed by atoms with Crippen LogP contribution in [-0.4, -0.2) is 263 Å². The summed E-state index contributed by atoms with van der Waals surface area (Å²) in [6.45, 7) is 24.5. The molecule has 108 heavy (non-hydrogen) atoms. The number of terminal acetylenes is 1. The molecule has 0 aliphatic carbocycles. The van der Waals surface area contributed by atoms with Gasteiger partial charge in [-0.25, -0.2) is 0 Å². The summed E-state index contributed by atoms with van der Waals surface area (Å²) in [6, 6.07) is 19.4. The lowest BCUT2D eigenvalue weighted by Gasteiger charge is -2.36. The van der Waals surface area contributed by atoms with Gasteiger partial charge in [-0.1, -0.05) is 82.9 Å². The van der Waals surface area contributed by atoms with Crippen molar-refractivity contribution in [3.8, 4) is 12.8 Å². The number of nitrogens with one attached hydrogen (secondary N) is 3. The molecule has 5 saturated heterocycles. The first-order valence-corrected chi connectivity index (χ1v) is 36.2. The molecular weight excluding hydrogens is 1370 g/mol. The van der Waals surface area contributed by atoms with Gasteiger partial charge in [0.15, 0.2) is 5.78 Å². The van der Waals surface area contributed by atoms with Crippen LogP contribution in [0.15, 0.2) is 120 Å². The zero-order valence-electron chi connectivity index (χ0n) is 63.7. The molecule has 7 radical (unpaired) electrons. The van der Waals surface area contributed by atoms with Crippen molar-refractivity contribution in [2.24, 2.45) is 0 Å². The standard InChI is InChI=1S/C36H47N5O5.C20H23N3O3.C16H26N2O3.C4H10O3.C2H2.3CH4.B2.B/c1-23(42)11-12-28-32(46-36(3,4)5)20-35(45)40(28)26-14-16-39(22-26)30-19-34(44)41(31(30)17-25-9-7-6-8-10-25)27-13-15-38(21-27)29-18-33(43)37-24(29)2;1-13-16(10-19(25)21-13)22-8-7-15(12-22)23-17(18(24)11-20(23)26)9-14-5-3-2-4-6-14;1-11(19)5-6-13-14(21-16(2,3)4)9-15(20)18(13)12-7-8-17-10-12;1-5-4(6-2)7-3;1-2;;;;1-2;/h6-10,18-20,24,26-28,31H,11-17,21-22H2,1-5H3,(H,37,43);2-6,10,13,15,17H,7-9,11-12H2,1H3,(H,21,25);9,12-13,17H,5-8,10H2,1-4H3;4H,1-3H3;1-2H;3*1H4;;/t24-,26-,27-,28-,31-;13-,15-,17-;12-,13-;;;;;;;/m000......./s1. The molecule has 2 aromatic rings. The zero-order chi connectivity index (χ0) is 76.3. The van der Waals surface area contributed by atoms with Gasteiger partial charge in [0.25, 0.3) is 18.3 Å². The van der Waals surface area contributed by atoms with Gasteiger partial charge in [0.1, 0.15) is 34.3 Å². The van der Waals surface area contributed by atoms with Crippen LogP contribution < -0.4 is 16.0 Å². The van der Waals surface area contributed by atoms with Crippen molar-refractivity contribution < 1.29 is 66.8 Å². The Hall–Kier alpha value is -8.44. The van der Waals surface area contributed by atoms with E-state index in [9.17, 15) is 43.2 Å². The Morgan fingerprint density at radius 3 is 1.24 bits per heavy atom. The number of carbonyl (C=O) groups excluding carboxylic acids is 9. The van der Waals surface area contributed by atoms with Gasteiger partial charge in [0, 0.05) is 157 Å². The topological polar surface area (TPSA) is 259 Å². The van der Waals surface area contributed by atoms with E-state index in [-0.39, 0.29) is 156 Å². The Bertz CT molecular complexity index is 3520. The smallest absolute Gasteiger partial charge is 0.270 e. The summed E-state index contributed by atoms with van der Waals surface area (Å²) in [5, 5.41) is 9.13. The van der Waals surface area contributed by atoms with Crippen molar-refractivity contribution in [1.82, 2.24) is 50.2 Å². The van der Waals surface area contributed by atoms with Gasteiger partial charge in [0.2, 0.25) is 23.6 Å². The lowest BCUT2D eigenvalue weighted by atomic mass is 9.81. The van der Waals surface area contributed by atoms with Crippen LogP contribution in [0.2, 0.25) is 0 Å². The lowest BCUT2D eigenvalue weighted by Crippen LogP contribution is -2.48. The average molecular weight is 1490 g/mol. The number of ether oxygens (including phenoxy) is 5. The summed E-state index contributed by atoms with van der Waals surface area (Å²) in [4.78, 5) is 126. The van der Waals surface area contributed by atoms with E-state index in [4.69, 9.17) is 9.47 Å². The SMILES string of the molecule is C.C.C.C#C.CC(=O)CC[C@H]1C(OC(C)(C)C)=CC(=O)N1[C@H]1CCN(C2=CC(=O)N([C@H]3CCN(C4=CC(=O)N[C@H]4C)C3)[C@H]2Cc2ccccc2)C1.CC(=O)CC[C@H]1C(OC(C)(C)C)=CC(=O)N1[C@H]1CCNC1.COC(OC)OC.C[C@@H]1NC(=O)C=C1N1CC[C@H](N2C(=O)CC(=O)[C@@H]2Cc2ccccc2)C1.[B].[B][B]. The highest BCUT2D eigenvalue weighted by molar-refractivity contribution is 6.75. The average Bonchev–Trinajstić information content (AvgIpc) is 1.62. The fourth-order valence-electron chi connectivity index (χ4n) is 15.4. The van der Waals surface area contributed by atoms with Crippen LogP contribution in [-0.2, 0) is 79.7 Å². The first-order chi connectivity index (χ1) is 49.5. The normalized spacial score (nSPS) is 24.8. The fraction of sp³-hybridized carbons (Fsp3) is 0.593. The zero-order valence-corrected chi connectivity index (χ0v) is 63.7. The molecule has 0 aromatic heterocycles. The van der Waals surface area contributed by atoms with E-state index >= 15 is 0 Å². The van der Waals surface area contributed by atoms with Gasteiger partial charge in [-0.3, -0.25) is 33.6 Å². The number of methoxy groups -OCH3 is 3. The molecule has 10 aliphatic rings. The molecule has 2 aromatic carbocycles. The highest BCUT2D eigenvalue weighted by Gasteiger charge is 2.49. The van der Waals surface area contributed by atoms with Crippen LogP contribution in [0.4, 0.5) is 0 Å². The van der Waals surface area contributed by atoms with Crippen molar-refractivity contribution in [1.29, 1.82) is 0 Å². The van der Waals surface area contributed by atoms with Crippen molar-refractivity contribution in [2.75, 3.05) is 73.7 Å². The Labute approximate surface area is 648 Å². The first-order valence-electron chi connectivity index (χ1n) is 36.2. The van der Waals surface area contributed by atoms with Gasteiger partial charge < -0.3 is 83.5 Å². The quantitative estimate of drug-likeness (QED) is 0.0470. The third-order valence-electron chi connectivity index (χ3n) is 19.8. The third kappa shape index (κ3) is 24.8. The Balaban J connectivity index is 0.000000415. The van der Waals surface area contributed by atoms with Crippen molar-refractivity contribution in [3.05, 3.63) is 131 Å². The number of Topliss-reactive ketones (excluding diaryl/α,β-unsaturated/α-hetero) is 3. The second-order valence-corrected chi connectivity index (χ2v) is 29.6. The number of rotatable bonds is 22. The maximum atomic E-state index is 13.8. The molecule has 27 heteroatoms. The predicted molar refractivity (Wildman–Crippen MR) is 423 cm³/mol. The number of carbonyl (C=O) groups is 9. The Kier molecular flexibility index (Phi) is 37.4. The number of amides is 6. The van der Waals surface area contributed by atoms with Crippen molar-refractivity contribution >= 4 is 76.7 Å². The largest absolute Gasteiger partial charge is 0.490 e. The highest BCUT2D eigenvalue weighted by Crippen LogP contribution is 2.39. The maximum absolute atomic E-state index is 13.8. The summed E-state index contributed by atoms with van der Waals surface area (Å²) < 4.78 is 26.0. The Morgan fingerprint density at radius 2 is 0.889 bits per heavy atom. The number of likely N-dealkylation sites (tertiary alicyclic amines) is 4. The molecule has 10 aliphatic heterocycles. The molecule has 10 atom stereocenters. The summed E-state index contributed by atoms with van der Waals surface area (Å²) in [5.74, 6) is 1.36. The minimum Gasteiger partial charge on any atom is -0.490 e. The van der Waals surface area contributed by atoms with Crippen LogP contribution in [0.3, 0.4) is 0 Å². The fourth-order valence-corrected chi connectivity index (χ4v) is 15.4. The highest BCUT2D eigenvalue weighted by atomic mass is 16.8. The minimum atomic E-state index is -0.514. The van der Waals surface area contributed by atoms with Crippen molar-refractivity contribution in [2.45, 2.75) is 240 Å². The number of ketones is 3. The second kappa shape index (κ2) is 43.1. The molecule has 587 valence electrons. The monoisotopic (exact) mass is 1490 g/mol. The van der Waals surface area contributed by atoms with Gasteiger partial charge in [-0.05, 0) is 138 Å². The summed E-state index contributed by atoms with van der Waals surface area (Å²) in [5.41, 5.74) is 4.41. The molecular formula is C81H120B3N10O14. The number of hydrogen-bond donors (Lipinski definition) is 3. The van der Waals surface area contributed by atoms with E-state index in [1.54, 1.807) is 38.2 Å². The van der Waals surface area contributed by atoms with Crippen LogP contribution in [0.1, 0.15) is 160 Å². The second-order valence-electron chi connectivity index (χ2n) is 29.6. The molecule has 5 fully saturated rings. The summed E-state index contributed by atoms with van der Waals surface area (Å²) in [7, 11) is 12.5. The number of nitrogens with zero attached hydrogens (tertiary/aromatic N) is 7. The lowest BCUT2D eigenvalue weighted by molar-refractivity contribution is -0.252.